The summed E-state index contributed by atoms with van der Waals surface area (Å²) in [6.45, 7) is 0.704. The molecular formula is C16H13FN2O. The van der Waals surface area contributed by atoms with Gasteiger partial charge < -0.3 is 10.0 Å². The van der Waals surface area contributed by atoms with Gasteiger partial charge in [-0.2, -0.15) is 4.39 Å². The molecule has 1 aromatic carbocycles. The zero-order valence-corrected chi connectivity index (χ0v) is 10.7. The molecule has 0 amide bonds. The van der Waals surface area contributed by atoms with Crippen molar-refractivity contribution in [3.63, 3.8) is 0 Å². The summed E-state index contributed by atoms with van der Waals surface area (Å²) in [6.07, 6.45) is 6.76. The van der Waals surface area contributed by atoms with Crippen LogP contribution in [0, 0.1) is 5.95 Å². The van der Waals surface area contributed by atoms with Crippen molar-refractivity contribution in [2.24, 2.45) is 0 Å². The maximum absolute atomic E-state index is 12.9. The second-order valence-electron chi connectivity index (χ2n) is 4.53. The second-order valence-corrected chi connectivity index (χ2v) is 4.53. The van der Waals surface area contributed by atoms with E-state index in [1.165, 1.54) is 12.3 Å². The van der Waals surface area contributed by atoms with E-state index in [2.05, 4.69) is 4.98 Å². The molecule has 1 N–H and O–H groups in total. The Kier molecular flexibility index (Phi) is 3.21. The fourth-order valence-electron chi connectivity index (χ4n) is 2.13. The fraction of sp³-hybridized carbons (Fsp3) is 0.0625. The van der Waals surface area contributed by atoms with Crippen molar-refractivity contribution in [3.05, 3.63) is 72.7 Å². The summed E-state index contributed by atoms with van der Waals surface area (Å²) in [5, 5.41) is 9.54. The number of pyridine rings is 1. The minimum atomic E-state index is -0.487. The van der Waals surface area contributed by atoms with Crippen molar-refractivity contribution in [1.82, 2.24) is 4.98 Å². The van der Waals surface area contributed by atoms with Gasteiger partial charge in [0, 0.05) is 30.2 Å². The lowest BCUT2D eigenvalue weighted by Crippen LogP contribution is -2.19. The predicted octanol–water partition coefficient (Wildman–Crippen LogP) is 3.66. The zero-order chi connectivity index (χ0) is 13.9. The molecule has 2 heterocycles. The highest BCUT2D eigenvalue weighted by atomic mass is 19.1. The van der Waals surface area contributed by atoms with E-state index in [1.807, 2.05) is 35.2 Å². The number of hydrogen-bond acceptors (Lipinski definition) is 3. The van der Waals surface area contributed by atoms with Crippen LogP contribution in [0.3, 0.4) is 0 Å². The Labute approximate surface area is 116 Å². The molecule has 1 aliphatic rings. The Balaban J connectivity index is 1.94. The molecular weight excluding hydrogens is 255 g/mol. The summed E-state index contributed by atoms with van der Waals surface area (Å²) in [5.41, 5.74) is 2.77. The highest BCUT2D eigenvalue weighted by molar-refractivity contribution is 5.68. The van der Waals surface area contributed by atoms with Gasteiger partial charge in [-0.3, -0.25) is 0 Å². The van der Waals surface area contributed by atoms with E-state index in [1.54, 1.807) is 18.3 Å². The maximum Gasteiger partial charge on any atom is 0.212 e. The van der Waals surface area contributed by atoms with Crippen LogP contribution in [-0.2, 0) is 0 Å². The monoisotopic (exact) mass is 268 g/mol. The van der Waals surface area contributed by atoms with Crippen molar-refractivity contribution < 1.29 is 9.50 Å². The summed E-state index contributed by atoms with van der Waals surface area (Å²) in [4.78, 5) is 5.61. The van der Waals surface area contributed by atoms with Crippen LogP contribution in [0.4, 0.5) is 10.1 Å². The largest absolute Gasteiger partial charge is 0.506 e. The third kappa shape index (κ3) is 2.54. The second kappa shape index (κ2) is 5.17. The number of aromatic nitrogens is 1. The first-order valence-electron chi connectivity index (χ1n) is 6.28. The SMILES string of the molecule is OC1=CN(c2cccc(-c3ccc(F)nc3)c2)CC=C1. The molecule has 0 bridgehead atoms. The quantitative estimate of drug-likeness (QED) is 0.844. The smallest absolute Gasteiger partial charge is 0.212 e. The van der Waals surface area contributed by atoms with Crippen LogP contribution >= 0.6 is 0 Å². The molecule has 3 nitrogen and oxygen atoms in total. The van der Waals surface area contributed by atoms with Gasteiger partial charge in [0.1, 0.15) is 5.76 Å². The summed E-state index contributed by atoms with van der Waals surface area (Å²) in [7, 11) is 0. The summed E-state index contributed by atoms with van der Waals surface area (Å²) < 4.78 is 12.9. The molecule has 0 spiro atoms. The van der Waals surface area contributed by atoms with Crippen molar-refractivity contribution in [2.75, 3.05) is 11.4 Å². The minimum absolute atomic E-state index is 0.227. The van der Waals surface area contributed by atoms with E-state index in [9.17, 15) is 9.50 Å². The van der Waals surface area contributed by atoms with Gasteiger partial charge >= 0.3 is 0 Å². The van der Waals surface area contributed by atoms with Crippen molar-refractivity contribution in [2.45, 2.75) is 0 Å². The number of benzene rings is 1. The molecule has 0 saturated heterocycles. The number of hydrogen-bond donors (Lipinski definition) is 1. The molecule has 20 heavy (non-hydrogen) atoms. The molecule has 0 atom stereocenters. The molecule has 1 aliphatic heterocycles. The van der Waals surface area contributed by atoms with E-state index in [-0.39, 0.29) is 5.76 Å². The van der Waals surface area contributed by atoms with Gasteiger partial charge in [0.05, 0.1) is 0 Å². The molecule has 1 aromatic heterocycles. The van der Waals surface area contributed by atoms with Crippen molar-refractivity contribution >= 4 is 5.69 Å². The lowest BCUT2D eigenvalue weighted by Gasteiger charge is -2.22. The van der Waals surface area contributed by atoms with Crippen molar-refractivity contribution in [3.8, 4) is 11.1 Å². The van der Waals surface area contributed by atoms with Crippen LogP contribution in [0.25, 0.3) is 11.1 Å². The van der Waals surface area contributed by atoms with Crippen LogP contribution in [0.2, 0.25) is 0 Å². The number of anilines is 1. The summed E-state index contributed by atoms with van der Waals surface area (Å²) >= 11 is 0. The van der Waals surface area contributed by atoms with Crippen LogP contribution in [-0.4, -0.2) is 16.6 Å². The molecule has 100 valence electrons. The molecule has 3 rings (SSSR count). The van der Waals surface area contributed by atoms with Crippen LogP contribution in [0.5, 0.6) is 0 Å². The Morgan fingerprint density at radius 3 is 2.80 bits per heavy atom. The van der Waals surface area contributed by atoms with Crippen molar-refractivity contribution in [1.29, 1.82) is 0 Å². The van der Waals surface area contributed by atoms with Gasteiger partial charge in [-0.15, -0.1) is 0 Å². The molecule has 0 fully saturated rings. The molecule has 0 unspecified atom stereocenters. The first kappa shape index (κ1) is 12.4. The number of nitrogens with zero attached hydrogens (tertiary/aromatic N) is 2. The van der Waals surface area contributed by atoms with Gasteiger partial charge in [-0.25, -0.2) is 4.98 Å². The predicted molar refractivity (Wildman–Crippen MR) is 76.8 cm³/mol. The van der Waals surface area contributed by atoms with Crippen LogP contribution in [0.15, 0.2) is 66.7 Å². The van der Waals surface area contributed by atoms with E-state index >= 15 is 0 Å². The van der Waals surface area contributed by atoms with Gasteiger partial charge in [0.25, 0.3) is 0 Å². The first-order valence-corrected chi connectivity index (χ1v) is 6.28. The van der Waals surface area contributed by atoms with Gasteiger partial charge in [-0.1, -0.05) is 18.2 Å². The first-order chi connectivity index (χ1) is 9.72. The zero-order valence-electron chi connectivity index (χ0n) is 10.7. The molecule has 0 aliphatic carbocycles. The number of halogens is 1. The highest BCUT2D eigenvalue weighted by Gasteiger charge is 2.08. The van der Waals surface area contributed by atoms with E-state index in [4.69, 9.17) is 0 Å². The van der Waals surface area contributed by atoms with Gasteiger partial charge in [-0.05, 0) is 35.9 Å². The minimum Gasteiger partial charge on any atom is -0.506 e. The Bertz CT molecular complexity index is 677. The van der Waals surface area contributed by atoms with E-state index < -0.39 is 5.95 Å². The number of rotatable bonds is 2. The Morgan fingerprint density at radius 2 is 2.05 bits per heavy atom. The lowest BCUT2D eigenvalue weighted by molar-refractivity contribution is 0.428. The summed E-state index contributed by atoms with van der Waals surface area (Å²) in [5.74, 6) is -0.260. The maximum atomic E-state index is 12.9. The molecule has 2 aromatic rings. The molecule has 4 heteroatoms. The molecule has 0 radical (unpaired) electrons. The standard InChI is InChI=1S/C16H13FN2O/c17-16-7-6-13(10-18-16)12-3-1-4-14(9-12)19-8-2-5-15(20)11-19/h1-7,9-11,20H,8H2. The highest BCUT2D eigenvalue weighted by Crippen LogP contribution is 2.25. The number of allylic oxidation sites excluding steroid dienone is 1. The third-order valence-electron chi connectivity index (χ3n) is 3.12. The molecule has 0 saturated carbocycles. The van der Waals surface area contributed by atoms with Crippen LogP contribution < -0.4 is 4.90 Å². The number of aliphatic hydroxyl groups excluding tert-OH is 1. The number of aliphatic hydroxyl groups is 1. The van der Waals surface area contributed by atoms with E-state index in [0.29, 0.717) is 6.54 Å². The topological polar surface area (TPSA) is 36.4 Å². The van der Waals surface area contributed by atoms with E-state index in [0.717, 1.165) is 16.8 Å². The normalized spacial score (nSPS) is 14.2. The Hall–Kier alpha value is -2.62. The summed E-state index contributed by atoms with van der Waals surface area (Å²) in [6, 6.07) is 10.9. The van der Waals surface area contributed by atoms with Gasteiger partial charge in [0.2, 0.25) is 5.95 Å². The van der Waals surface area contributed by atoms with Gasteiger partial charge in [0.15, 0.2) is 0 Å². The average Bonchev–Trinajstić information content (AvgIpc) is 2.48. The van der Waals surface area contributed by atoms with Crippen LogP contribution in [0.1, 0.15) is 0 Å². The fourth-order valence-corrected chi connectivity index (χ4v) is 2.13. The lowest BCUT2D eigenvalue weighted by atomic mass is 10.1. The average molecular weight is 268 g/mol. The third-order valence-corrected chi connectivity index (χ3v) is 3.12. The Morgan fingerprint density at radius 1 is 1.15 bits per heavy atom.